The predicted molar refractivity (Wildman–Crippen MR) is 121 cm³/mol. The van der Waals surface area contributed by atoms with Gasteiger partial charge in [-0.3, -0.25) is 9.79 Å². The lowest BCUT2D eigenvalue weighted by atomic mass is 10.1. The van der Waals surface area contributed by atoms with Crippen LogP contribution in [0.4, 0.5) is 10.1 Å². The van der Waals surface area contributed by atoms with E-state index in [0.29, 0.717) is 11.4 Å². The van der Waals surface area contributed by atoms with Crippen LogP contribution < -0.4 is 26.1 Å². The molecule has 1 unspecified atom stereocenters. The maximum atomic E-state index is 15.1. The number of nitrogens with zero attached hydrogens (tertiary/aromatic N) is 2. The number of aromatic carboxylic acids is 1. The van der Waals surface area contributed by atoms with E-state index in [9.17, 15) is 19.8 Å². The Kier molecular flexibility index (Phi) is 6.02. The molecule has 0 saturated heterocycles. The van der Waals surface area contributed by atoms with Gasteiger partial charge < -0.3 is 24.8 Å². The number of aliphatic imine (C=N–C) groups is 1. The molecule has 2 heterocycles. The van der Waals surface area contributed by atoms with E-state index in [-0.39, 0.29) is 33.3 Å². The van der Waals surface area contributed by atoms with Crippen LogP contribution in [0.1, 0.15) is 29.8 Å². The Labute approximate surface area is 182 Å². The second-order valence-electron chi connectivity index (χ2n) is 6.99. The highest BCUT2D eigenvalue weighted by molar-refractivity contribution is 5.87. The van der Waals surface area contributed by atoms with Gasteiger partial charge in [0, 0.05) is 35.6 Å². The molecule has 0 radical (unpaired) electrons. The largest absolute Gasteiger partial charge is 0.508 e. The summed E-state index contributed by atoms with van der Waals surface area (Å²) in [5, 5.41) is 22.2. The summed E-state index contributed by atoms with van der Waals surface area (Å²) >= 11 is 0. The van der Waals surface area contributed by atoms with Gasteiger partial charge in [-0.15, -0.1) is 0 Å². The van der Waals surface area contributed by atoms with Crippen molar-refractivity contribution in [1.82, 2.24) is 9.88 Å². The van der Waals surface area contributed by atoms with Crippen molar-refractivity contribution >= 4 is 36.3 Å². The average Bonchev–Trinajstić information content (AvgIpc) is 2.72. The molecule has 3 rings (SSSR count). The van der Waals surface area contributed by atoms with Crippen LogP contribution in [0.5, 0.6) is 5.75 Å². The molecule has 1 aromatic heterocycles. The van der Waals surface area contributed by atoms with Crippen LogP contribution in [-0.4, -0.2) is 40.1 Å². The van der Waals surface area contributed by atoms with Crippen molar-refractivity contribution in [2.75, 3.05) is 7.05 Å². The number of likely N-dealkylation sites (N-methyl/N-ethyl adjacent to an activating group) is 1. The number of aliphatic hydroxyl groups is 1. The van der Waals surface area contributed by atoms with Crippen LogP contribution in [0.25, 0.3) is 24.1 Å². The number of aromatic nitrogens is 1. The molecule has 2 aromatic rings. The summed E-state index contributed by atoms with van der Waals surface area (Å²) in [6.07, 6.45) is 2.72. The van der Waals surface area contributed by atoms with Gasteiger partial charge >= 0.3 is 5.97 Å². The fraction of sp³-hybridized carbons (Fsp3) is 0.174. The van der Waals surface area contributed by atoms with E-state index in [1.807, 2.05) is 0 Å². The van der Waals surface area contributed by atoms with Gasteiger partial charge in [-0.1, -0.05) is 13.2 Å². The van der Waals surface area contributed by atoms with Crippen molar-refractivity contribution in [3.63, 3.8) is 0 Å². The highest BCUT2D eigenvalue weighted by Gasteiger charge is 2.23. The van der Waals surface area contributed by atoms with Gasteiger partial charge in [-0.2, -0.15) is 0 Å². The summed E-state index contributed by atoms with van der Waals surface area (Å²) < 4.78 is 22.4. The summed E-state index contributed by atoms with van der Waals surface area (Å²) in [5.74, 6) is -2.39. The number of hydrogen-bond donors (Lipinski definition) is 3. The maximum absolute atomic E-state index is 15.1. The smallest absolute Gasteiger partial charge is 0.341 e. The van der Waals surface area contributed by atoms with Crippen molar-refractivity contribution in [2.45, 2.75) is 20.0 Å². The van der Waals surface area contributed by atoms with E-state index < -0.39 is 28.9 Å². The third-order valence-electron chi connectivity index (χ3n) is 5.00. The van der Waals surface area contributed by atoms with Crippen molar-refractivity contribution in [3.8, 4) is 11.4 Å². The number of carbonyl (C=O) groups is 1. The number of carboxylic acid groups (broad SMARTS) is 1. The number of benzene rings is 1. The number of fused-ring (bicyclic) bond motifs is 4. The van der Waals surface area contributed by atoms with Crippen molar-refractivity contribution in [2.24, 2.45) is 4.99 Å². The molecule has 0 amide bonds. The fourth-order valence-corrected chi connectivity index (χ4v) is 3.48. The predicted octanol–water partition coefficient (Wildman–Crippen LogP) is 2.16. The van der Waals surface area contributed by atoms with Gasteiger partial charge in [-0.05, 0) is 32.1 Å². The lowest BCUT2D eigenvalue weighted by Crippen LogP contribution is -2.47. The van der Waals surface area contributed by atoms with E-state index in [0.717, 1.165) is 12.3 Å². The van der Waals surface area contributed by atoms with Crippen molar-refractivity contribution < 1.29 is 24.1 Å². The number of allylic oxidation sites excluding steroid dienone is 1. The van der Waals surface area contributed by atoms with Crippen LogP contribution in [0, 0.1) is 0 Å². The third-order valence-corrected chi connectivity index (χ3v) is 5.00. The highest BCUT2D eigenvalue weighted by Crippen LogP contribution is 2.35. The number of nitrogens with one attached hydrogen (secondary N) is 1. The van der Waals surface area contributed by atoms with Crippen LogP contribution in [0.2, 0.25) is 0 Å². The molecule has 0 saturated carbocycles. The summed E-state index contributed by atoms with van der Waals surface area (Å²) in [6, 6.07) is 3.00. The number of pyridine rings is 1. The molecule has 1 aliphatic rings. The van der Waals surface area contributed by atoms with E-state index in [4.69, 9.17) is 4.74 Å². The molecule has 166 valence electrons. The number of ether oxygens (including phenoxy) is 1. The van der Waals surface area contributed by atoms with Gasteiger partial charge in [0.05, 0.1) is 17.1 Å². The van der Waals surface area contributed by atoms with Crippen LogP contribution >= 0.6 is 0 Å². The Morgan fingerprint density at radius 2 is 2.03 bits per heavy atom. The Hall–Kier alpha value is -4.14. The maximum Gasteiger partial charge on any atom is 0.341 e. The van der Waals surface area contributed by atoms with E-state index in [1.54, 1.807) is 13.8 Å². The Balaban J connectivity index is 2.60. The molecule has 9 heteroatoms. The summed E-state index contributed by atoms with van der Waals surface area (Å²) in [5.41, 5.74) is -0.529. The molecular formula is C23H22FN3O5. The lowest BCUT2D eigenvalue weighted by molar-refractivity contribution is 0.0694. The molecule has 1 aromatic carbocycles. The van der Waals surface area contributed by atoms with Gasteiger partial charge in [-0.25, -0.2) is 9.18 Å². The zero-order valence-corrected chi connectivity index (χ0v) is 17.8. The molecular weight excluding hydrogens is 417 g/mol. The first-order chi connectivity index (χ1) is 15.1. The molecule has 8 nitrogen and oxygen atoms in total. The standard InChI is InChI=1S/C23H22FN3O5/c1-6-26-18-9-19-20(8-15(18)12(3)28)32-13(4)21(25-5)17(24)7-14-11(2)27(19)10-16(22(14)29)23(30)31/h6-10,13,25,28H,2-3H2,1,4-5H3,(H,30,31)/b14-7+,21-17-,26-6?. The van der Waals surface area contributed by atoms with Gasteiger partial charge in [0.15, 0.2) is 0 Å². The van der Waals surface area contributed by atoms with Crippen LogP contribution in [-0.2, 0) is 0 Å². The molecule has 3 N–H and O–H groups in total. The van der Waals surface area contributed by atoms with Gasteiger partial charge in [0.2, 0.25) is 5.43 Å². The summed E-state index contributed by atoms with van der Waals surface area (Å²) in [7, 11) is 1.49. The van der Waals surface area contributed by atoms with Gasteiger partial charge in [0.1, 0.15) is 29.0 Å². The second-order valence-corrected chi connectivity index (χ2v) is 6.99. The normalized spacial score (nSPS) is 18.9. The number of carboxylic acids is 1. The molecule has 0 spiro atoms. The fourth-order valence-electron chi connectivity index (χ4n) is 3.48. The second kappa shape index (κ2) is 8.54. The zero-order chi connectivity index (χ0) is 23.7. The Morgan fingerprint density at radius 1 is 1.34 bits per heavy atom. The first kappa shape index (κ1) is 22.5. The molecule has 32 heavy (non-hydrogen) atoms. The minimum Gasteiger partial charge on any atom is -0.508 e. The molecule has 0 aliphatic carbocycles. The molecule has 1 atom stereocenters. The average molecular weight is 439 g/mol. The quantitative estimate of drug-likeness (QED) is 0.497. The highest BCUT2D eigenvalue weighted by atomic mass is 19.1. The molecule has 1 aliphatic heterocycles. The topological polar surface area (TPSA) is 113 Å². The van der Waals surface area contributed by atoms with Crippen molar-refractivity contribution in [1.29, 1.82) is 0 Å². The zero-order valence-electron chi connectivity index (χ0n) is 17.8. The summed E-state index contributed by atoms with van der Waals surface area (Å²) in [6.45, 7) is 10.7. The van der Waals surface area contributed by atoms with E-state index in [2.05, 4.69) is 23.5 Å². The minimum atomic E-state index is -1.48. The van der Waals surface area contributed by atoms with Crippen LogP contribution in [0.3, 0.4) is 0 Å². The van der Waals surface area contributed by atoms with E-state index in [1.165, 1.54) is 30.0 Å². The number of aliphatic hydroxyl groups excluding tert-OH is 1. The molecule has 0 fully saturated rings. The first-order valence-corrected chi connectivity index (χ1v) is 9.59. The SMILES string of the molecule is C=C(O)c1cc2c(cc1N=CC)-n1cc(C(=O)O)c(=O)/c(c1=C)=C/C(F)=C(/NC)C(C)O2. The minimum absolute atomic E-state index is 0.0314. The molecule has 2 bridgehead atoms. The first-order valence-electron chi connectivity index (χ1n) is 9.59. The van der Waals surface area contributed by atoms with E-state index >= 15 is 4.39 Å². The van der Waals surface area contributed by atoms with Gasteiger partial charge in [0.25, 0.3) is 0 Å². The number of hydrogen-bond acceptors (Lipinski definition) is 6. The lowest BCUT2D eigenvalue weighted by Gasteiger charge is -2.23. The monoisotopic (exact) mass is 439 g/mol. The van der Waals surface area contributed by atoms with Crippen LogP contribution in [0.15, 0.2) is 46.2 Å². The third kappa shape index (κ3) is 3.80. The number of rotatable bonds is 4. The summed E-state index contributed by atoms with van der Waals surface area (Å²) in [4.78, 5) is 28.8. The Morgan fingerprint density at radius 3 is 2.59 bits per heavy atom. The Bertz CT molecular complexity index is 1370. The van der Waals surface area contributed by atoms with Crippen molar-refractivity contribution in [3.05, 3.63) is 68.4 Å². The number of halogens is 1.